The molecule has 0 atom stereocenters. The fourth-order valence-corrected chi connectivity index (χ4v) is 3.60. The van der Waals surface area contributed by atoms with E-state index in [2.05, 4.69) is 16.8 Å². The number of rotatable bonds is 4. The van der Waals surface area contributed by atoms with Crippen molar-refractivity contribution in [3.05, 3.63) is 23.5 Å². The summed E-state index contributed by atoms with van der Waals surface area (Å²) in [5, 5.41) is 12.7. The van der Waals surface area contributed by atoms with Crippen molar-refractivity contribution >= 4 is 16.3 Å². The average Bonchev–Trinajstić information content (AvgIpc) is 2.93. The van der Waals surface area contributed by atoms with E-state index in [0.717, 1.165) is 43.1 Å². The van der Waals surface area contributed by atoms with E-state index >= 15 is 0 Å². The third kappa shape index (κ3) is 2.83. The Morgan fingerprint density at radius 2 is 2.21 bits per heavy atom. The van der Waals surface area contributed by atoms with E-state index in [1.165, 1.54) is 6.42 Å². The molecule has 3 rings (SSSR count). The van der Waals surface area contributed by atoms with Crippen LogP contribution in [0.4, 0.5) is 0 Å². The minimum absolute atomic E-state index is 0.561. The third-order valence-electron chi connectivity index (χ3n) is 3.98. The molecule has 3 heterocycles. The molecule has 4 nitrogen and oxygen atoms in total. The summed E-state index contributed by atoms with van der Waals surface area (Å²) in [7, 11) is 0. The van der Waals surface area contributed by atoms with E-state index < -0.39 is 5.60 Å². The molecule has 2 aromatic rings. The van der Waals surface area contributed by atoms with Gasteiger partial charge in [-0.3, -0.25) is 4.40 Å². The predicted octanol–water partition coefficient (Wildman–Crippen LogP) is 2.18. The van der Waals surface area contributed by atoms with Gasteiger partial charge in [0.25, 0.3) is 0 Å². The second-order valence-electron chi connectivity index (χ2n) is 5.57. The molecule has 0 radical (unpaired) electrons. The minimum Gasteiger partial charge on any atom is -0.389 e. The Hall–Kier alpha value is -0.910. The van der Waals surface area contributed by atoms with Gasteiger partial charge in [0.05, 0.1) is 11.3 Å². The van der Waals surface area contributed by atoms with E-state index in [0.29, 0.717) is 6.42 Å². The van der Waals surface area contributed by atoms with Gasteiger partial charge in [0.2, 0.25) is 0 Å². The molecule has 1 saturated heterocycles. The number of aliphatic hydroxyl groups is 1. The Bertz CT molecular complexity index is 511. The summed E-state index contributed by atoms with van der Waals surface area (Å²) in [6.45, 7) is 5.37. The smallest absolute Gasteiger partial charge is 0.193 e. The fourth-order valence-electron chi connectivity index (χ4n) is 2.88. The quantitative estimate of drug-likeness (QED) is 0.932. The summed E-state index contributed by atoms with van der Waals surface area (Å²) in [5.41, 5.74) is 0.451. The van der Waals surface area contributed by atoms with Crippen molar-refractivity contribution in [1.82, 2.24) is 14.3 Å². The molecule has 5 heteroatoms. The summed E-state index contributed by atoms with van der Waals surface area (Å²) < 4.78 is 2.04. The molecule has 0 bridgehead atoms. The number of piperidine rings is 1. The maximum atomic E-state index is 10.7. The number of likely N-dealkylation sites (tertiary alicyclic amines) is 1. The molecule has 1 aliphatic heterocycles. The van der Waals surface area contributed by atoms with Gasteiger partial charge in [-0.15, -0.1) is 11.3 Å². The Morgan fingerprint density at radius 3 is 2.89 bits per heavy atom. The van der Waals surface area contributed by atoms with Crippen molar-refractivity contribution in [2.45, 2.75) is 38.2 Å². The van der Waals surface area contributed by atoms with Crippen LogP contribution in [0.15, 0.2) is 17.8 Å². The molecule has 19 heavy (non-hydrogen) atoms. The highest BCUT2D eigenvalue weighted by Crippen LogP contribution is 2.26. The van der Waals surface area contributed by atoms with Crippen LogP contribution in [0.2, 0.25) is 0 Å². The van der Waals surface area contributed by atoms with Gasteiger partial charge in [0, 0.05) is 37.3 Å². The zero-order valence-corrected chi connectivity index (χ0v) is 12.2. The van der Waals surface area contributed by atoms with E-state index in [1.54, 1.807) is 11.3 Å². The number of nitrogens with zero attached hydrogens (tertiary/aromatic N) is 3. The van der Waals surface area contributed by atoms with Gasteiger partial charge < -0.3 is 10.0 Å². The Morgan fingerprint density at radius 1 is 1.42 bits per heavy atom. The van der Waals surface area contributed by atoms with Crippen LogP contribution in [0.1, 0.15) is 31.9 Å². The van der Waals surface area contributed by atoms with Gasteiger partial charge in [-0.25, -0.2) is 4.98 Å². The second-order valence-corrected chi connectivity index (χ2v) is 6.44. The van der Waals surface area contributed by atoms with Gasteiger partial charge in [-0.1, -0.05) is 6.92 Å². The highest BCUT2D eigenvalue weighted by molar-refractivity contribution is 7.15. The lowest BCUT2D eigenvalue weighted by molar-refractivity contribution is -0.0211. The zero-order chi connectivity index (χ0) is 13.3. The van der Waals surface area contributed by atoms with E-state index in [4.69, 9.17) is 0 Å². The van der Waals surface area contributed by atoms with Crippen LogP contribution in [0.5, 0.6) is 0 Å². The lowest BCUT2D eigenvalue weighted by atomic mass is 9.87. The molecular weight excluding hydrogens is 258 g/mol. The number of imidazole rings is 1. The van der Waals surface area contributed by atoms with E-state index in [9.17, 15) is 5.11 Å². The topological polar surface area (TPSA) is 40.8 Å². The Kier molecular flexibility index (Phi) is 3.60. The molecule has 0 unspecified atom stereocenters. The van der Waals surface area contributed by atoms with Gasteiger partial charge in [0.1, 0.15) is 0 Å². The number of hydrogen-bond acceptors (Lipinski definition) is 4. The number of hydrogen-bond donors (Lipinski definition) is 1. The van der Waals surface area contributed by atoms with Crippen LogP contribution in [0.3, 0.4) is 0 Å². The Labute approximate surface area is 117 Å². The maximum Gasteiger partial charge on any atom is 0.193 e. The SMILES string of the molecule is CCCN1CCC(O)(Cc2cn3ccsc3n2)CC1. The molecule has 104 valence electrons. The summed E-state index contributed by atoms with van der Waals surface area (Å²) >= 11 is 1.64. The van der Waals surface area contributed by atoms with Gasteiger partial charge >= 0.3 is 0 Å². The van der Waals surface area contributed by atoms with Crippen molar-refractivity contribution in [3.8, 4) is 0 Å². The lowest BCUT2D eigenvalue weighted by Crippen LogP contribution is -2.45. The zero-order valence-electron chi connectivity index (χ0n) is 11.4. The highest BCUT2D eigenvalue weighted by atomic mass is 32.1. The summed E-state index contributed by atoms with van der Waals surface area (Å²) in [6.07, 6.45) is 7.65. The Balaban J connectivity index is 1.64. The second kappa shape index (κ2) is 5.23. The molecule has 0 amide bonds. The first-order valence-electron chi connectivity index (χ1n) is 7.04. The molecule has 1 N–H and O–H groups in total. The van der Waals surface area contributed by atoms with Crippen LogP contribution in [-0.2, 0) is 6.42 Å². The van der Waals surface area contributed by atoms with Crippen LogP contribution < -0.4 is 0 Å². The van der Waals surface area contributed by atoms with E-state index in [-0.39, 0.29) is 0 Å². The standard InChI is InChI=1S/C14H21N3OS/c1-2-5-16-6-3-14(18,4-7-16)10-12-11-17-8-9-19-13(17)15-12/h8-9,11,18H,2-7,10H2,1H3. The van der Waals surface area contributed by atoms with Crippen LogP contribution >= 0.6 is 11.3 Å². The lowest BCUT2D eigenvalue weighted by Gasteiger charge is -2.37. The first-order chi connectivity index (χ1) is 9.18. The van der Waals surface area contributed by atoms with Crippen molar-refractivity contribution in [3.63, 3.8) is 0 Å². The summed E-state index contributed by atoms with van der Waals surface area (Å²) in [4.78, 5) is 8.04. The molecule has 1 fully saturated rings. The first kappa shape index (κ1) is 13.1. The monoisotopic (exact) mass is 279 g/mol. The molecule has 2 aromatic heterocycles. The summed E-state index contributed by atoms with van der Waals surface area (Å²) in [6, 6.07) is 0. The van der Waals surface area contributed by atoms with Gasteiger partial charge in [0.15, 0.2) is 4.96 Å². The minimum atomic E-state index is -0.561. The number of aromatic nitrogens is 2. The largest absolute Gasteiger partial charge is 0.389 e. The molecule has 0 saturated carbocycles. The van der Waals surface area contributed by atoms with E-state index in [1.807, 2.05) is 22.2 Å². The normalized spacial score (nSPS) is 20.1. The van der Waals surface area contributed by atoms with Crippen molar-refractivity contribution in [2.24, 2.45) is 0 Å². The van der Waals surface area contributed by atoms with Crippen LogP contribution in [0.25, 0.3) is 4.96 Å². The van der Waals surface area contributed by atoms with Crippen LogP contribution in [0, 0.1) is 0 Å². The van der Waals surface area contributed by atoms with Gasteiger partial charge in [-0.2, -0.15) is 0 Å². The molecular formula is C14H21N3OS. The van der Waals surface area contributed by atoms with Crippen molar-refractivity contribution in [1.29, 1.82) is 0 Å². The highest BCUT2D eigenvalue weighted by Gasteiger charge is 2.32. The van der Waals surface area contributed by atoms with Crippen LogP contribution in [-0.4, -0.2) is 44.6 Å². The van der Waals surface area contributed by atoms with Crippen molar-refractivity contribution in [2.75, 3.05) is 19.6 Å². The summed E-state index contributed by atoms with van der Waals surface area (Å²) in [5.74, 6) is 0. The molecule has 1 aliphatic rings. The molecule has 0 spiro atoms. The molecule has 0 aromatic carbocycles. The molecule has 0 aliphatic carbocycles. The van der Waals surface area contributed by atoms with Crippen molar-refractivity contribution < 1.29 is 5.11 Å². The average molecular weight is 279 g/mol. The number of thiazole rings is 1. The predicted molar refractivity (Wildman–Crippen MR) is 77.7 cm³/mol. The fraction of sp³-hybridized carbons (Fsp3) is 0.643. The first-order valence-corrected chi connectivity index (χ1v) is 7.92. The third-order valence-corrected chi connectivity index (χ3v) is 4.75. The maximum absolute atomic E-state index is 10.7. The number of fused-ring (bicyclic) bond motifs is 1. The van der Waals surface area contributed by atoms with Gasteiger partial charge in [-0.05, 0) is 25.8 Å².